The second-order valence-electron chi connectivity index (χ2n) is 3.83. The molecule has 1 aromatic heterocycles. The van der Waals surface area contributed by atoms with Gasteiger partial charge in [0, 0.05) is 43.5 Å². The van der Waals surface area contributed by atoms with Gasteiger partial charge in [-0.25, -0.2) is 0 Å². The molecule has 3 heteroatoms. The summed E-state index contributed by atoms with van der Waals surface area (Å²) in [4.78, 5) is 4.20. The maximum Gasteiger partial charge on any atom is 0.0955 e. The van der Waals surface area contributed by atoms with E-state index in [0.29, 0.717) is 26.1 Å². The molecular weight excluding hydrogens is 202 g/mol. The molecule has 0 saturated carbocycles. The van der Waals surface area contributed by atoms with Crippen molar-refractivity contribution in [1.29, 1.82) is 0 Å². The van der Waals surface area contributed by atoms with Crippen LogP contribution in [0.2, 0.25) is 0 Å². The van der Waals surface area contributed by atoms with Crippen LogP contribution in [0.25, 0.3) is 0 Å². The molecular formula is C13H21NO2. The van der Waals surface area contributed by atoms with E-state index in [4.69, 9.17) is 4.74 Å². The van der Waals surface area contributed by atoms with Crippen LogP contribution in [0.5, 0.6) is 0 Å². The zero-order valence-corrected chi connectivity index (χ0v) is 10.4. The highest BCUT2D eigenvalue weighted by molar-refractivity contribution is 5.20. The lowest BCUT2D eigenvalue weighted by molar-refractivity contribution is -0.0681. The lowest BCUT2D eigenvalue weighted by atomic mass is 9.87. The highest BCUT2D eigenvalue weighted by Crippen LogP contribution is 2.31. The Morgan fingerprint density at radius 1 is 1.25 bits per heavy atom. The second kappa shape index (κ2) is 5.97. The molecule has 0 amide bonds. The maximum absolute atomic E-state index is 10.3. The van der Waals surface area contributed by atoms with Crippen LogP contribution < -0.4 is 0 Å². The Labute approximate surface area is 97.5 Å². The first-order valence-electron chi connectivity index (χ1n) is 5.94. The molecule has 3 nitrogen and oxygen atoms in total. The number of hydrogen-bond acceptors (Lipinski definition) is 3. The molecule has 1 aliphatic heterocycles. The van der Waals surface area contributed by atoms with Crippen molar-refractivity contribution in [1.82, 2.24) is 4.98 Å². The van der Waals surface area contributed by atoms with Crippen LogP contribution in [0.4, 0.5) is 0 Å². The average molecular weight is 223 g/mol. The number of pyridine rings is 1. The number of hydrogen-bond donors (Lipinski definition) is 1. The lowest BCUT2D eigenvalue weighted by Gasteiger charge is -2.32. The molecule has 0 radical (unpaired) electrons. The lowest BCUT2D eigenvalue weighted by Crippen LogP contribution is -2.33. The predicted molar refractivity (Wildman–Crippen MR) is 64.3 cm³/mol. The standard InChI is InChI=1S/C11H15NO2.C2H6/c1-9-2-3-10(8-12-9)11(13)4-6-14-7-5-11;1-2/h2-3,8,13H,4-7H2,1H3;1-2H3. The van der Waals surface area contributed by atoms with Gasteiger partial charge in [-0.3, -0.25) is 4.98 Å². The second-order valence-corrected chi connectivity index (χ2v) is 3.83. The predicted octanol–water partition coefficient (Wildman–Crippen LogP) is 2.41. The van der Waals surface area contributed by atoms with E-state index in [2.05, 4.69) is 4.98 Å². The first-order chi connectivity index (χ1) is 7.71. The third-order valence-electron chi connectivity index (χ3n) is 2.77. The summed E-state index contributed by atoms with van der Waals surface area (Å²) >= 11 is 0. The quantitative estimate of drug-likeness (QED) is 0.795. The molecule has 0 spiro atoms. The molecule has 2 heterocycles. The van der Waals surface area contributed by atoms with Gasteiger partial charge in [-0.05, 0) is 13.0 Å². The summed E-state index contributed by atoms with van der Waals surface area (Å²) in [6, 6.07) is 3.89. The zero-order valence-electron chi connectivity index (χ0n) is 10.4. The molecule has 2 rings (SSSR count). The van der Waals surface area contributed by atoms with E-state index in [0.717, 1.165) is 11.3 Å². The minimum Gasteiger partial charge on any atom is -0.385 e. The van der Waals surface area contributed by atoms with Crippen LogP contribution in [-0.2, 0) is 10.3 Å². The SMILES string of the molecule is CC.Cc1ccc(C2(O)CCOCC2)cn1. The smallest absolute Gasteiger partial charge is 0.0955 e. The van der Waals surface area contributed by atoms with Crippen molar-refractivity contribution >= 4 is 0 Å². The molecule has 1 saturated heterocycles. The average Bonchev–Trinajstić information content (AvgIpc) is 2.33. The Hall–Kier alpha value is -0.930. The van der Waals surface area contributed by atoms with Gasteiger partial charge < -0.3 is 9.84 Å². The van der Waals surface area contributed by atoms with Gasteiger partial charge in [-0.2, -0.15) is 0 Å². The summed E-state index contributed by atoms with van der Waals surface area (Å²) in [5.41, 5.74) is 1.16. The molecule has 0 bridgehead atoms. The number of aliphatic hydroxyl groups is 1. The Balaban J connectivity index is 0.000000606. The van der Waals surface area contributed by atoms with E-state index in [1.165, 1.54) is 0 Å². The summed E-state index contributed by atoms with van der Waals surface area (Å²) in [6.07, 6.45) is 3.09. The van der Waals surface area contributed by atoms with Gasteiger partial charge in [0.05, 0.1) is 5.60 Å². The minimum atomic E-state index is -0.723. The fourth-order valence-electron chi connectivity index (χ4n) is 1.74. The van der Waals surface area contributed by atoms with Crippen molar-refractivity contribution in [3.8, 4) is 0 Å². The number of nitrogens with zero attached hydrogens (tertiary/aromatic N) is 1. The highest BCUT2D eigenvalue weighted by atomic mass is 16.5. The van der Waals surface area contributed by atoms with Crippen molar-refractivity contribution in [2.45, 2.75) is 39.2 Å². The van der Waals surface area contributed by atoms with Crippen molar-refractivity contribution < 1.29 is 9.84 Å². The largest absolute Gasteiger partial charge is 0.385 e. The summed E-state index contributed by atoms with van der Waals surface area (Å²) in [7, 11) is 0. The van der Waals surface area contributed by atoms with Gasteiger partial charge in [-0.1, -0.05) is 19.9 Å². The molecule has 1 N–H and O–H groups in total. The van der Waals surface area contributed by atoms with Gasteiger partial charge in [0.2, 0.25) is 0 Å². The molecule has 1 fully saturated rings. The first kappa shape index (κ1) is 13.1. The number of aryl methyl sites for hydroxylation is 1. The summed E-state index contributed by atoms with van der Waals surface area (Å²) in [5, 5.41) is 10.3. The van der Waals surface area contributed by atoms with Crippen LogP contribution in [0.15, 0.2) is 18.3 Å². The molecule has 90 valence electrons. The van der Waals surface area contributed by atoms with E-state index in [1.54, 1.807) is 6.20 Å². The number of aromatic nitrogens is 1. The van der Waals surface area contributed by atoms with Gasteiger partial charge in [0.15, 0.2) is 0 Å². The van der Waals surface area contributed by atoms with Crippen LogP contribution in [0.3, 0.4) is 0 Å². The molecule has 0 atom stereocenters. The van der Waals surface area contributed by atoms with E-state index in [-0.39, 0.29) is 0 Å². The van der Waals surface area contributed by atoms with E-state index in [1.807, 2.05) is 32.9 Å². The third-order valence-corrected chi connectivity index (χ3v) is 2.77. The van der Waals surface area contributed by atoms with Crippen LogP contribution >= 0.6 is 0 Å². The number of ether oxygens (including phenoxy) is 1. The van der Waals surface area contributed by atoms with E-state index < -0.39 is 5.60 Å². The van der Waals surface area contributed by atoms with Crippen LogP contribution in [0.1, 0.15) is 37.9 Å². The van der Waals surface area contributed by atoms with Crippen LogP contribution in [-0.4, -0.2) is 23.3 Å². The molecule has 0 aliphatic carbocycles. The normalized spacial score (nSPS) is 18.5. The van der Waals surface area contributed by atoms with Gasteiger partial charge in [0.1, 0.15) is 0 Å². The monoisotopic (exact) mass is 223 g/mol. The molecule has 0 unspecified atom stereocenters. The van der Waals surface area contributed by atoms with Gasteiger partial charge in [-0.15, -0.1) is 0 Å². The molecule has 0 aromatic carbocycles. The Morgan fingerprint density at radius 2 is 1.88 bits per heavy atom. The number of rotatable bonds is 1. The fraction of sp³-hybridized carbons (Fsp3) is 0.615. The van der Waals surface area contributed by atoms with Gasteiger partial charge >= 0.3 is 0 Å². The Morgan fingerprint density at radius 3 is 2.38 bits per heavy atom. The molecule has 1 aliphatic rings. The van der Waals surface area contributed by atoms with Crippen molar-refractivity contribution in [3.63, 3.8) is 0 Å². The molecule has 1 aromatic rings. The highest BCUT2D eigenvalue weighted by Gasteiger charge is 2.31. The Kier molecular flexibility index (Phi) is 4.90. The van der Waals surface area contributed by atoms with Crippen molar-refractivity contribution in [3.05, 3.63) is 29.6 Å². The van der Waals surface area contributed by atoms with E-state index in [9.17, 15) is 5.11 Å². The fourth-order valence-corrected chi connectivity index (χ4v) is 1.74. The topological polar surface area (TPSA) is 42.4 Å². The first-order valence-corrected chi connectivity index (χ1v) is 5.94. The van der Waals surface area contributed by atoms with Crippen molar-refractivity contribution in [2.24, 2.45) is 0 Å². The van der Waals surface area contributed by atoms with E-state index >= 15 is 0 Å². The van der Waals surface area contributed by atoms with Crippen molar-refractivity contribution in [2.75, 3.05) is 13.2 Å². The summed E-state index contributed by atoms with van der Waals surface area (Å²) < 4.78 is 5.23. The molecule has 16 heavy (non-hydrogen) atoms. The zero-order chi connectivity index (χ0) is 12.0. The third kappa shape index (κ3) is 3.03. The summed E-state index contributed by atoms with van der Waals surface area (Å²) in [5.74, 6) is 0. The Bertz CT molecular complexity index is 302. The minimum absolute atomic E-state index is 0.629. The maximum atomic E-state index is 10.3. The van der Waals surface area contributed by atoms with Crippen LogP contribution in [0, 0.1) is 6.92 Å². The van der Waals surface area contributed by atoms with Gasteiger partial charge in [0.25, 0.3) is 0 Å². The summed E-state index contributed by atoms with van der Waals surface area (Å²) in [6.45, 7) is 7.20.